The summed E-state index contributed by atoms with van der Waals surface area (Å²) >= 11 is 1.02. The zero-order valence-corrected chi connectivity index (χ0v) is 17.1. The third-order valence-corrected chi connectivity index (χ3v) is 5.47. The number of nitrogens with one attached hydrogen (secondary N) is 1. The van der Waals surface area contributed by atoms with Crippen LogP contribution < -0.4 is 15.8 Å². The van der Waals surface area contributed by atoms with Gasteiger partial charge in [0.05, 0.1) is 11.3 Å². The predicted molar refractivity (Wildman–Crippen MR) is 112 cm³/mol. The van der Waals surface area contributed by atoms with Crippen LogP contribution in [0, 0.1) is 0 Å². The molecule has 0 spiro atoms. The number of carbonyl (C=O) groups is 3. The van der Waals surface area contributed by atoms with Gasteiger partial charge in [-0.2, -0.15) is 0 Å². The van der Waals surface area contributed by atoms with Gasteiger partial charge in [0.2, 0.25) is 11.8 Å². The molecule has 3 N–H and O–H groups in total. The van der Waals surface area contributed by atoms with Crippen molar-refractivity contribution in [2.75, 3.05) is 14.1 Å². The van der Waals surface area contributed by atoms with Crippen LogP contribution in [0.15, 0.2) is 48.5 Å². The Balaban J connectivity index is 1.55. The number of nitrogens with zero attached hydrogens (tertiary/aromatic N) is 1. The van der Waals surface area contributed by atoms with Gasteiger partial charge in [0.25, 0.3) is 5.24 Å². The first-order valence-corrected chi connectivity index (χ1v) is 10.0. The zero-order chi connectivity index (χ0) is 21.0. The second kappa shape index (κ2) is 9.11. The van der Waals surface area contributed by atoms with E-state index in [-0.39, 0.29) is 22.3 Å². The lowest BCUT2D eigenvalue weighted by Gasteiger charge is -2.16. The summed E-state index contributed by atoms with van der Waals surface area (Å²) in [7, 11) is 3.37. The lowest BCUT2D eigenvalue weighted by Crippen LogP contribution is -2.41. The third-order valence-electron chi connectivity index (χ3n) is 4.48. The van der Waals surface area contributed by atoms with E-state index in [1.807, 2.05) is 48.5 Å². The van der Waals surface area contributed by atoms with Crippen molar-refractivity contribution in [3.05, 3.63) is 59.7 Å². The Morgan fingerprint density at radius 3 is 2.10 bits per heavy atom. The SMILES string of the molecule is CN(C)C(=O)C(N)Cc1ccc(Oc2ccc(CC3SC(=O)NC3=O)cc2)cc1. The highest BCUT2D eigenvalue weighted by molar-refractivity contribution is 8.15. The molecule has 0 saturated carbocycles. The van der Waals surface area contributed by atoms with Crippen LogP contribution in [0.3, 0.4) is 0 Å². The number of hydrogen-bond acceptors (Lipinski definition) is 6. The van der Waals surface area contributed by atoms with Gasteiger partial charge >= 0.3 is 0 Å². The molecule has 3 amide bonds. The van der Waals surface area contributed by atoms with Gasteiger partial charge < -0.3 is 15.4 Å². The first-order valence-electron chi connectivity index (χ1n) is 9.16. The first kappa shape index (κ1) is 20.9. The second-order valence-electron chi connectivity index (χ2n) is 7.02. The second-order valence-corrected chi connectivity index (χ2v) is 8.20. The van der Waals surface area contributed by atoms with Crippen molar-refractivity contribution in [1.29, 1.82) is 0 Å². The maximum Gasteiger partial charge on any atom is 0.286 e. The van der Waals surface area contributed by atoms with E-state index in [0.29, 0.717) is 24.3 Å². The number of likely N-dealkylation sites (N-methyl/N-ethyl adjacent to an activating group) is 1. The van der Waals surface area contributed by atoms with Crippen LogP contribution in [-0.4, -0.2) is 47.3 Å². The van der Waals surface area contributed by atoms with Crippen LogP contribution >= 0.6 is 11.8 Å². The highest BCUT2D eigenvalue weighted by atomic mass is 32.2. The summed E-state index contributed by atoms with van der Waals surface area (Å²) in [4.78, 5) is 36.2. The van der Waals surface area contributed by atoms with Crippen molar-refractivity contribution >= 4 is 28.8 Å². The van der Waals surface area contributed by atoms with E-state index in [1.54, 1.807) is 14.1 Å². The first-order chi connectivity index (χ1) is 13.8. The van der Waals surface area contributed by atoms with Crippen LogP contribution in [0.25, 0.3) is 0 Å². The fraction of sp³-hybridized carbons (Fsp3) is 0.286. The number of thioether (sulfide) groups is 1. The number of imide groups is 1. The highest BCUT2D eigenvalue weighted by Crippen LogP contribution is 2.26. The van der Waals surface area contributed by atoms with Crippen molar-refractivity contribution in [1.82, 2.24) is 10.2 Å². The van der Waals surface area contributed by atoms with Crippen molar-refractivity contribution in [2.24, 2.45) is 5.73 Å². The van der Waals surface area contributed by atoms with Crippen molar-refractivity contribution in [3.63, 3.8) is 0 Å². The molecule has 29 heavy (non-hydrogen) atoms. The summed E-state index contributed by atoms with van der Waals surface area (Å²) in [5.41, 5.74) is 7.84. The van der Waals surface area contributed by atoms with E-state index in [2.05, 4.69) is 5.32 Å². The molecule has 0 radical (unpaired) electrons. The Hall–Kier alpha value is -2.84. The molecular formula is C21H23N3O4S. The number of rotatable bonds is 7. The van der Waals surface area contributed by atoms with Gasteiger partial charge in [-0.05, 0) is 48.2 Å². The topological polar surface area (TPSA) is 102 Å². The molecule has 3 rings (SSSR count). The Morgan fingerprint density at radius 2 is 1.62 bits per heavy atom. The van der Waals surface area contributed by atoms with E-state index in [4.69, 9.17) is 10.5 Å². The average molecular weight is 413 g/mol. The minimum Gasteiger partial charge on any atom is -0.457 e. The Kier molecular flexibility index (Phi) is 6.56. The number of nitrogens with two attached hydrogens (primary N) is 1. The summed E-state index contributed by atoms with van der Waals surface area (Å²) in [5.74, 6) is 0.988. The molecule has 7 nitrogen and oxygen atoms in total. The fourth-order valence-corrected chi connectivity index (χ4v) is 3.80. The van der Waals surface area contributed by atoms with E-state index in [1.165, 1.54) is 4.90 Å². The molecule has 2 unspecified atom stereocenters. The van der Waals surface area contributed by atoms with Gasteiger partial charge in [-0.1, -0.05) is 36.0 Å². The van der Waals surface area contributed by atoms with Crippen molar-refractivity contribution < 1.29 is 19.1 Å². The van der Waals surface area contributed by atoms with Crippen LogP contribution in [-0.2, 0) is 22.4 Å². The van der Waals surface area contributed by atoms with Gasteiger partial charge in [-0.25, -0.2) is 0 Å². The van der Waals surface area contributed by atoms with Crippen LogP contribution in [0.1, 0.15) is 11.1 Å². The van der Waals surface area contributed by atoms with Crippen LogP contribution in [0.5, 0.6) is 11.5 Å². The molecule has 8 heteroatoms. The minimum atomic E-state index is -0.570. The number of amides is 3. The van der Waals surface area contributed by atoms with Crippen molar-refractivity contribution in [3.8, 4) is 11.5 Å². The van der Waals surface area contributed by atoms with Gasteiger partial charge in [-0.15, -0.1) is 0 Å². The standard InChI is InChI=1S/C21H23N3O4S/c1-24(2)20(26)17(22)11-13-3-7-15(8-4-13)28-16-9-5-14(6-10-16)12-18-19(25)23-21(27)29-18/h3-10,17-18H,11-12,22H2,1-2H3,(H,23,25,27). The summed E-state index contributed by atoms with van der Waals surface area (Å²) < 4.78 is 5.84. The molecule has 1 aliphatic rings. The zero-order valence-electron chi connectivity index (χ0n) is 16.3. The molecule has 2 aromatic rings. The van der Waals surface area contributed by atoms with Gasteiger partial charge in [0.15, 0.2) is 0 Å². The molecule has 152 valence electrons. The highest BCUT2D eigenvalue weighted by Gasteiger charge is 2.31. The number of carbonyl (C=O) groups excluding carboxylic acids is 3. The average Bonchev–Trinajstić information content (AvgIpc) is 3.01. The monoisotopic (exact) mass is 413 g/mol. The maximum absolute atomic E-state index is 11.9. The smallest absolute Gasteiger partial charge is 0.286 e. The molecule has 1 fully saturated rings. The largest absolute Gasteiger partial charge is 0.457 e. The van der Waals surface area contributed by atoms with E-state index < -0.39 is 6.04 Å². The summed E-state index contributed by atoms with van der Waals surface area (Å²) in [6.45, 7) is 0. The summed E-state index contributed by atoms with van der Waals surface area (Å²) in [6.07, 6.45) is 0.949. The normalized spacial score (nSPS) is 17.0. The van der Waals surface area contributed by atoms with Gasteiger partial charge in [0, 0.05) is 14.1 Å². The molecular weight excluding hydrogens is 390 g/mol. The fourth-order valence-electron chi connectivity index (χ4n) is 2.94. The quantitative estimate of drug-likeness (QED) is 0.722. The molecule has 1 aliphatic heterocycles. The Morgan fingerprint density at radius 1 is 1.07 bits per heavy atom. The molecule has 0 aliphatic carbocycles. The lowest BCUT2D eigenvalue weighted by molar-refractivity contribution is -0.130. The molecule has 2 atom stereocenters. The Bertz CT molecular complexity index is 897. The summed E-state index contributed by atoms with van der Waals surface area (Å²) in [5, 5.41) is 1.61. The van der Waals surface area contributed by atoms with Crippen LogP contribution in [0.4, 0.5) is 4.79 Å². The molecule has 1 heterocycles. The van der Waals surface area contributed by atoms with Gasteiger partial charge in [-0.3, -0.25) is 19.7 Å². The van der Waals surface area contributed by atoms with E-state index in [0.717, 1.165) is 22.9 Å². The predicted octanol–water partition coefficient (Wildman–Crippen LogP) is 2.33. The molecule has 2 aromatic carbocycles. The summed E-state index contributed by atoms with van der Waals surface area (Å²) in [6, 6.07) is 14.3. The van der Waals surface area contributed by atoms with Crippen molar-refractivity contribution in [2.45, 2.75) is 24.1 Å². The Labute approximate surface area is 173 Å². The molecule has 1 saturated heterocycles. The number of ether oxygens (including phenoxy) is 1. The molecule has 0 aromatic heterocycles. The van der Waals surface area contributed by atoms with E-state index in [9.17, 15) is 14.4 Å². The molecule has 0 bridgehead atoms. The number of benzene rings is 2. The van der Waals surface area contributed by atoms with Gasteiger partial charge in [0.1, 0.15) is 11.5 Å². The third kappa shape index (κ3) is 5.58. The maximum atomic E-state index is 11.9. The lowest BCUT2D eigenvalue weighted by atomic mass is 10.1. The minimum absolute atomic E-state index is 0.108. The van der Waals surface area contributed by atoms with Crippen LogP contribution in [0.2, 0.25) is 0 Å². The van der Waals surface area contributed by atoms with E-state index >= 15 is 0 Å². The number of hydrogen-bond donors (Lipinski definition) is 2.